The van der Waals surface area contributed by atoms with Gasteiger partial charge in [0.25, 0.3) is 0 Å². The number of amides is 1. The Labute approximate surface area is 123 Å². The summed E-state index contributed by atoms with van der Waals surface area (Å²) in [5, 5.41) is 4.03. The Kier molecular flexibility index (Phi) is 3.95. The molecule has 1 N–H and O–H groups in total. The molecule has 1 aromatic carbocycles. The molecule has 0 unspecified atom stereocenters. The van der Waals surface area contributed by atoms with Crippen LogP contribution in [0.15, 0.2) is 35.0 Å². The lowest BCUT2D eigenvalue weighted by atomic mass is 9.98. The van der Waals surface area contributed by atoms with Gasteiger partial charge in [-0.3, -0.25) is 4.79 Å². The van der Waals surface area contributed by atoms with Gasteiger partial charge in [-0.2, -0.15) is 0 Å². The van der Waals surface area contributed by atoms with Crippen LogP contribution in [-0.4, -0.2) is 19.1 Å². The number of nitrogens with one attached hydrogen (secondary N) is 1. The molecule has 0 saturated carbocycles. The summed E-state index contributed by atoms with van der Waals surface area (Å²) in [5.74, 6) is 0.907. The van der Waals surface area contributed by atoms with Gasteiger partial charge in [-0.25, -0.2) is 0 Å². The number of aryl methyl sites for hydroxylation is 1. The van der Waals surface area contributed by atoms with E-state index in [9.17, 15) is 4.79 Å². The van der Waals surface area contributed by atoms with E-state index < -0.39 is 0 Å². The van der Waals surface area contributed by atoms with Gasteiger partial charge in [-0.1, -0.05) is 6.08 Å². The summed E-state index contributed by atoms with van der Waals surface area (Å²) < 4.78 is 11.3. The molecule has 1 aliphatic heterocycles. The van der Waals surface area contributed by atoms with E-state index in [-0.39, 0.29) is 5.91 Å². The molecule has 21 heavy (non-hydrogen) atoms. The lowest BCUT2D eigenvalue weighted by Gasteiger charge is -2.18. The van der Waals surface area contributed by atoms with Crippen molar-refractivity contribution in [3.05, 3.63) is 41.7 Å². The van der Waals surface area contributed by atoms with E-state index in [4.69, 9.17) is 9.15 Å². The molecule has 4 heteroatoms. The lowest BCUT2D eigenvalue weighted by Crippen LogP contribution is -2.23. The second-order valence-electron chi connectivity index (χ2n) is 5.17. The van der Waals surface area contributed by atoms with Crippen LogP contribution >= 0.6 is 0 Å². The van der Waals surface area contributed by atoms with Crippen molar-refractivity contribution in [3.63, 3.8) is 0 Å². The first-order valence-corrected chi connectivity index (χ1v) is 7.35. The highest BCUT2D eigenvalue weighted by Gasteiger charge is 2.18. The number of furan rings is 1. The van der Waals surface area contributed by atoms with Crippen molar-refractivity contribution >= 4 is 16.9 Å². The molecule has 0 bridgehead atoms. The van der Waals surface area contributed by atoms with Gasteiger partial charge in [0.2, 0.25) is 5.91 Å². The summed E-state index contributed by atoms with van der Waals surface area (Å²) in [4.78, 5) is 11.4. The fourth-order valence-corrected chi connectivity index (χ4v) is 2.78. The molecular weight excluding hydrogens is 266 g/mol. The molecule has 0 spiro atoms. The van der Waals surface area contributed by atoms with Crippen LogP contribution < -0.4 is 10.1 Å². The fraction of sp³-hybridized carbons (Fsp3) is 0.353. The van der Waals surface area contributed by atoms with Crippen LogP contribution in [0.4, 0.5) is 0 Å². The van der Waals surface area contributed by atoms with E-state index in [0.29, 0.717) is 6.54 Å². The number of rotatable bonds is 4. The highest BCUT2D eigenvalue weighted by Crippen LogP contribution is 2.35. The minimum atomic E-state index is -0.0596. The lowest BCUT2D eigenvalue weighted by molar-refractivity contribution is -0.116. The molecule has 1 aromatic heterocycles. The third-order valence-corrected chi connectivity index (χ3v) is 3.72. The van der Waals surface area contributed by atoms with Gasteiger partial charge in [0.05, 0.1) is 12.9 Å². The van der Waals surface area contributed by atoms with Crippen molar-refractivity contribution in [2.45, 2.75) is 26.2 Å². The van der Waals surface area contributed by atoms with Crippen molar-refractivity contribution in [1.29, 1.82) is 0 Å². The maximum absolute atomic E-state index is 11.4. The molecule has 0 radical (unpaired) electrons. The molecule has 2 aromatic rings. The van der Waals surface area contributed by atoms with E-state index in [1.165, 1.54) is 11.6 Å². The number of carbonyl (C=O) groups excluding carboxylic acids is 1. The van der Waals surface area contributed by atoms with Gasteiger partial charge in [-0.15, -0.1) is 0 Å². The third-order valence-electron chi connectivity index (χ3n) is 3.72. The van der Waals surface area contributed by atoms with Crippen molar-refractivity contribution in [3.8, 4) is 5.75 Å². The molecule has 0 saturated heterocycles. The topological polar surface area (TPSA) is 51.5 Å². The van der Waals surface area contributed by atoms with Crippen LogP contribution in [0.1, 0.15) is 24.5 Å². The first kappa shape index (κ1) is 13.7. The first-order valence-electron chi connectivity index (χ1n) is 7.35. The largest absolute Gasteiger partial charge is 0.493 e. The molecule has 1 amide bonds. The monoisotopic (exact) mass is 285 g/mol. The first-order chi connectivity index (χ1) is 10.3. The summed E-state index contributed by atoms with van der Waals surface area (Å²) in [6.45, 7) is 3.21. The van der Waals surface area contributed by atoms with Crippen LogP contribution in [0.25, 0.3) is 11.0 Å². The van der Waals surface area contributed by atoms with Gasteiger partial charge >= 0.3 is 0 Å². The Bertz CT molecular complexity index is 685. The summed E-state index contributed by atoms with van der Waals surface area (Å²) >= 11 is 0. The zero-order valence-corrected chi connectivity index (χ0v) is 12.1. The van der Waals surface area contributed by atoms with Crippen molar-refractivity contribution < 1.29 is 13.9 Å². The predicted octanol–water partition coefficient (Wildman–Crippen LogP) is 2.99. The SMILES string of the molecule is CC=CC(=O)NCCc1coc2ccc3c(c12)CCCO3. The maximum atomic E-state index is 11.4. The average Bonchev–Trinajstić information content (AvgIpc) is 2.91. The van der Waals surface area contributed by atoms with E-state index in [0.717, 1.165) is 48.2 Å². The minimum Gasteiger partial charge on any atom is -0.493 e. The number of ether oxygens (including phenoxy) is 1. The van der Waals surface area contributed by atoms with Crippen molar-refractivity contribution in [1.82, 2.24) is 5.32 Å². The second-order valence-corrected chi connectivity index (χ2v) is 5.17. The summed E-state index contributed by atoms with van der Waals surface area (Å²) in [6, 6.07) is 3.94. The van der Waals surface area contributed by atoms with E-state index in [1.807, 2.05) is 19.1 Å². The standard InChI is InChI=1S/C17H19NO3/c1-2-4-16(19)18-9-8-12-11-21-15-7-6-14-13(17(12)15)5-3-10-20-14/h2,4,6-7,11H,3,5,8-10H2,1H3,(H,18,19). The van der Waals surface area contributed by atoms with E-state index in [2.05, 4.69) is 5.32 Å². The Morgan fingerprint density at radius 3 is 3.19 bits per heavy atom. The minimum absolute atomic E-state index is 0.0596. The zero-order valence-electron chi connectivity index (χ0n) is 12.1. The number of benzene rings is 1. The molecule has 4 nitrogen and oxygen atoms in total. The van der Waals surface area contributed by atoms with Gasteiger partial charge in [0.15, 0.2) is 0 Å². The molecular formula is C17H19NO3. The molecule has 0 aliphatic carbocycles. The highest BCUT2D eigenvalue weighted by atomic mass is 16.5. The zero-order chi connectivity index (χ0) is 14.7. The summed E-state index contributed by atoms with van der Waals surface area (Å²) in [6.07, 6.45) is 7.87. The molecule has 1 aliphatic rings. The number of allylic oxidation sites excluding steroid dienone is 1. The van der Waals surface area contributed by atoms with Gasteiger partial charge in [0, 0.05) is 23.1 Å². The van der Waals surface area contributed by atoms with Gasteiger partial charge in [0.1, 0.15) is 11.3 Å². The maximum Gasteiger partial charge on any atom is 0.243 e. The predicted molar refractivity (Wildman–Crippen MR) is 81.6 cm³/mol. The smallest absolute Gasteiger partial charge is 0.243 e. The highest BCUT2D eigenvalue weighted by molar-refractivity contribution is 5.88. The Hall–Kier alpha value is -2.23. The Balaban J connectivity index is 1.81. The quantitative estimate of drug-likeness (QED) is 0.879. The van der Waals surface area contributed by atoms with Crippen LogP contribution in [0, 0.1) is 0 Å². The molecule has 0 fully saturated rings. The van der Waals surface area contributed by atoms with Gasteiger partial charge in [-0.05, 0) is 44.4 Å². The summed E-state index contributed by atoms with van der Waals surface area (Å²) in [5.41, 5.74) is 3.27. The van der Waals surface area contributed by atoms with E-state index in [1.54, 1.807) is 12.3 Å². The van der Waals surface area contributed by atoms with Crippen LogP contribution in [0.5, 0.6) is 5.75 Å². The number of hydrogen-bond donors (Lipinski definition) is 1. The third kappa shape index (κ3) is 2.79. The van der Waals surface area contributed by atoms with Crippen molar-refractivity contribution in [2.75, 3.05) is 13.2 Å². The number of fused-ring (bicyclic) bond motifs is 3. The number of hydrogen-bond acceptors (Lipinski definition) is 3. The van der Waals surface area contributed by atoms with Crippen LogP contribution in [-0.2, 0) is 17.6 Å². The summed E-state index contributed by atoms with van der Waals surface area (Å²) in [7, 11) is 0. The molecule has 0 atom stereocenters. The fourth-order valence-electron chi connectivity index (χ4n) is 2.78. The van der Waals surface area contributed by atoms with Crippen molar-refractivity contribution in [2.24, 2.45) is 0 Å². The van der Waals surface area contributed by atoms with Crippen LogP contribution in [0.3, 0.4) is 0 Å². The number of carbonyl (C=O) groups is 1. The van der Waals surface area contributed by atoms with E-state index >= 15 is 0 Å². The Morgan fingerprint density at radius 1 is 1.43 bits per heavy atom. The normalized spacial score (nSPS) is 14.1. The Morgan fingerprint density at radius 2 is 2.33 bits per heavy atom. The second kappa shape index (κ2) is 6.04. The average molecular weight is 285 g/mol. The molecule has 3 rings (SSSR count). The van der Waals surface area contributed by atoms with Gasteiger partial charge < -0.3 is 14.5 Å². The molecule has 2 heterocycles. The molecule has 110 valence electrons. The van der Waals surface area contributed by atoms with Crippen LogP contribution in [0.2, 0.25) is 0 Å².